The molecule has 4 aliphatic carbocycles. The molecule has 0 aromatic rings. The molecule has 0 heterocycles. The van der Waals surface area contributed by atoms with E-state index in [0.717, 1.165) is 18.3 Å². The van der Waals surface area contributed by atoms with Gasteiger partial charge >= 0.3 is 0 Å². The molecule has 0 aliphatic heterocycles. The lowest BCUT2D eigenvalue weighted by Gasteiger charge is -2.59. The third-order valence-corrected chi connectivity index (χ3v) is 6.98. The van der Waals surface area contributed by atoms with Crippen LogP contribution >= 0.6 is 0 Å². The van der Waals surface area contributed by atoms with Gasteiger partial charge in [-0.15, -0.1) is 0 Å². The summed E-state index contributed by atoms with van der Waals surface area (Å²) in [6.07, 6.45) is 19.0. The molecule has 0 aromatic heterocycles. The SMILES string of the molecule is CCCCCCCCCCC1(O)C2CC3CC(C2)CC1C3. The van der Waals surface area contributed by atoms with Gasteiger partial charge in [0, 0.05) is 0 Å². The molecule has 1 heteroatoms. The Hall–Kier alpha value is -0.0400. The van der Waals surface area contributed by atoms with Gasteiger partial charge in [0.1, 0.15) is 0 Å². The van der Waals surface area contributed by atoms with Gasteiger partial charge in [-0.05, 0) is 62.2 Å². The Morgan fingerprint density at radius 2 is 1.19 bits per heavy atom. The highest BCUT2D eigenvalue weighted by molar-refractivity contribution is 5.06. The second-order valence-corrected chi connectivity index (χ2v) is 8.52. The molecule has 0 atom stereocenters. The monoisotopic (exact) mass is 292 g/mol. The minimum absolute atomic E-state index is 0.254. The summed E-state index contributed by atoms with van der Waals surface area (Å²) in [5.74, 6) is 3.29. The van der Waals surface area contributed by atoms with Crippen molar-refractivity contribution in [3.63, 3.8) is 0 Å². The molecule has 1 N–H and O–H groups in total. The predicted molar refractivity (Wildman–Crippen MR) is 89.2 cm³/mol. The van der Waals surface area contributed by atoms with Crippen LogP contribution in [0, 0.1) is 23.7 Å². The first-order chi connectivity index (χ1) is 10.2. The van der Waals surface area contributed by atoms with E-state index in [4.69, 9.17) is 0 Å². The molecule has 0 radical (unpaired) electrons. The van der Waals surface area contributed by atoms with Crippen molar-refractivity contribution in [1.29, 1.82) is 0 Å². The normalized spacial score (nSPS) is 40.9. The van der Waals surface area contributed by atoms with Crippen LogP contribution < -0.4 is 0 Å². The van der Waals surface area contributed by atoms with Gasteiger partial charge in [-0.3, -0.25) is 0 Å². The van der Waals surface area contributed by atoms with Gasteiger partial charge < -0.3 is 5.11 Å². The lowest BCUT2D eigenvalue weighted by molar-refractivity contribution is -0.176. The van der Waals surface area contributed by atoms with E-state index in [1.165, 1.54) is 83.5 Å². The van der Waals surface area contributed by atoms with E-state index >= 15 is 0 Å². The Kier molecular flexibility index (Phi) is 5.30. The van der Waals surface area contributed by atoms with Crippen molar-refractivity contribution in [3.05, 3.63) is 0 Å². The molecule has 0 spiro atoms. The Morgan fingerprint density at radius 1 is 0.714 bits per heavy atom. The molecule has 0 aromatic carbocycles. The Bertz CT molecular complexity index is 294. The van der Waals surface area contributed by atoms with Gasteiger partial charge in [0.15, 0.2) is 0 Å². The summed E-state index contributed by atoms with van der Waals surface area (Å²) in [6, 6.07) is 0. The van der Waals surface area contributed by atoms with Crippen molar-refractivity contribution in [1.82, 2.24) is 0 Å². The van der Waals surface area contributed by atoms with E-state index in [9.17, 15) is 5.11 Å². The van der Waals surface area contributed by atoms with Crippen molar-refractivity contribution in [2.75, 3.05) is 0 Å². The molecule has 4 rings (SSSR count). The van der Waals surface area contributed by atoms with Gasteiger partial charge in [0.05, 0.1) is 5.60 Å². The fraction of sp³-hybridized carbons (Fsp3) is 1.00. The van der Waals surface area contributed by atoms with Crippen LogP contribution in [0.25, 0.3) is 0 Å². The van der Waals surface area contributed by atoms with Crippen LogP contribution in [0.3, 0.4) is 0 Å². The molecule has 4 bridgehead atoms. The number of rotatable bonds is 9. The van der Waals surface area contributed by atoms with Crippen molar-refractivity contribution in [2.45, 2.75) is 102 Å². The van der Waals surface area contributed by atoms with E-state index in [2.05, 4.69) is 6.92 Å². The standard InChI is InChI=1S/C20H36O/c1-2-3-4-5-6-7-8-9-10-20(21)18-12-16-11-17(14-18)15-19(20)13-16/h16-19,21H,2-15H2,1H3. The lowest BCUT2D eigenvalue weighted by atomic mass is 9.49. The number of aliphatic hydroxyl groups is 1. The second kappa shape index (κ2) is 7.02. The van der Waals surface area contributed by atoms with E-state index in [1.54, 1.807) is 0 Å². The van der Waals surface area contributed by atoms with Crippen LogP contribution in [-0.2, 0) is 0 Å². The molecule has 0 amide bonds. The van der Waals surface area contributed by atoms with Crippen LogP contribution in [0.15, 0.2) is 0 Å². The largest absolute Gasteiger partial charge is 0.389 e. The molecular formula is C20H36O. The molecule has 1 nitrogen and oxygen atoms in total. The fourth-order valence-electron chi connectivity index (χ4n) is 5.95. The molecular weight excluding hydrogens is 256 g/mol. The Labute approximate surface area is 131 Å². The van der Waals surface area contributed by atoms with Crippen molar-refractivity contribution >= 4 is 0 Å². The smallest absolute Gasteiger partial charge is 0.0704 e. The quantitative estimate of drug-likeness (QED) is 0.540. The topological polar surface area (TPSA) is 20.2 Å². The average molecular weight is 293 g/mol. The van der Waals surface area contributed by atoms with Crippen LogP contribution in [0.4, 0.5) is 0 Å². The fourth-order valence-corrected chi connectivity index (χ4v) is 5.95. The maximum absolute atomic E-state index is 11.3. The molecule has 122 valence electrons. The summed E-state index contributed by atoms with van der Waals surface area (Å²) in [5.41, 5.74) is -0.254. The maximum atomic E-state index is 11.3. The maximum Gasteiger partial charge on any atom is 0.0704 e. The zero-order chi connectivity index (χ0) is 14.7. The highest BCUT2D eigenvalue weighted by atomic mass is 16.3. The molecule has 4 saturated carbocycles. The van der Waals surface area contributed by atoms with Crippen LogP contribution in [-0.4, -0.2) is 10.7 Å². The number of unbranched alkanes of at least 4 members (excludes halogenated alkanes) is 7. The first kappa shape index (κ1) is 15.8. The third kappa shape index (κ3) is 3.49. The van der Waals surface area contributed by atoms with Crippen LogP contribution in [0.2, 0.25) is 0 Å². The first-order valence-corrected chi connectivity index (χ1v) is 9.94. The molecule has 21 heavy (non-hydrogen) atoms. The summed E-state index contributed by atoms with van der Waals surface area (Å²) in [7, 11) is 0. The summed E-state index contributed by atoms with van der Waals surface area (Å²) >= 11 is 0. The van der Waals surface area contributed by atoms with E-state index in [0.29, 0.717) is 11.8 Å². The lowest BCUT2D eigenvalue weighted by Crippen LogP contribution is -2.57. The predicted octanol–water partition coefficient (Wildman–Crippen LogP) is 5.70. The van der Waals surface area contributed by atoms with Gasteiger partial charge in [-0.2, -0.15) is 0 Å². The van der Waals surface area contributed by atoms with E-state index in [1.807, 2.05) is 0 Å². The van der Waals surface area contributed by atoms with Gasteiger partial charge in [-0.1, -0.05) is 58.3 Å². The zero-order valence-electron chi connectivity index (χ0n) is 14.2. The Morgan fingerprint density at radius 3 is 1.71 bits per heavy atom. The van der Waals surface area contributed by atoms with Crippen molar-refractivity contribution in [2.24, 2.45) is 23.7 Å². The van der Waals surface area contributed by atoms with Crippen molar-refractivity contribution in [3.8, 4) is 0 Å². The third-order valence-electron chi connectivity index (χ3n) is 6.98. The molecule has 0 saturated heterocycles. The first-order valence-electron chi connectivity index (χ1n) is 9.94. The van der Waals surface area contributed by atoms with Crippen LogP contribution in [0.5, 0.6) is 0 Å². The molecule has 4 fully saturated rings. The van der Waals surface area contributed by atoms with Crippen LogP contribution in [0.1, 0.15) is 96.8 Å². The van der Waals surface area contributed by atoms with Gasteiger partial charge in [0.25, 0.3) is 0 Å². The summed E-state index contributed by atoms with van der Waals surface area (Å²) in [5, 5.41) is 11.3. The summed E-state index contributed by atoms with van der Waals surface area (Å²) in [4.78, 5) is 0. The average Bonchev–Trinajstić information content (AvgIpc) is 2.47. The molecule has 4 aliphatic rings. The zero-order valence-corrected chi connectivity index (χ0v) is 14.2. The molecule has 0 unspecified atom stereocenters. The van der Waals surface area contributed by atoms with Gasteiger partial charge in [0.2, 0.25) is 0 Å². The van der Waals surface area contributed by atoms with E-state index < -0.39 is 0 Å². The summed E-state index contributed by atoms with van der Waals surface area (Å²) in [6.45, 7) is 2.28. The second-order valence-electron chi connectivity index (χ2n) is 8.52. The van der Waals surface area contributed by atoms with Crippen molar-refractivity contribution < 1.29 is 5.11 Å². The number of hydrogen-bond donors (Lipinski definition) is 1. The number of hydrogen-bond acceptors (Lipinski definition) is 1. The summed E-state index contributed by atoms with van der Waals surface area (Å²) < 4.78 is 0. The minimum Gasteiger partial charge on any atom is -0.389 e. The van der Waals surface area contributed by atoms with Gasteiger partial charge in [-0.25, -0.2) is 0 Å². The Balaban J connectivity index is 1.35. The minimum atomic E-state index is -0.254. The van der Waals surface area contributed by atoms with E-state index in [-0.39, 0.29) is 5.60 Å². The highest BCUT2D eigenvalue weighted by Gasteiger charge is 2.55. The highest BCUT2D eigenvalue weighted by Crippen LogP contribution is 2.59.